The van der Waals surface area contributed by atoms with E-state index in [1.807, 2.05) is 19.1 Å². The van der Waals surface area contributed by atoms with Gasteiger partial charge in [-0.3, -0.25) is 14.5 Å². The summed E-state index contributed by atoms with van der Waals surface area (Å²) < 4.78 is 12.8. The Hall–Kier alpha value is -3.32. The van der Waals surface area contributed by atoms with Crippen LogP contribution in [0.2, 0.25) is 0 Å². The minimum absolute atomic E-state index is 0.141. The molecule has 0 saturated carbocycles. The molecule has 1 aliphatic rings. The van der Waals surface area contributed by atoms with Crippen LogP contribution in [0.25, 0.3) is 0 Å². The molecule has 1 unspecified atom stereocenters. The molecule has 0 aliphatic carbocycles. The van der Waals surface area contributed by atoms with Crippen LogP contribution in [0.3, 0.4) is 0 Å². The van der Waals surface area contributed by atoms with Crippen molar-refractivity contribution in [2.45, 2.75) is 46.3 Å². The van der Waals surface area contributed by atoms with Gasteiger partial charge in [0.25, 0.3) is 11.5 Å². The quantitative estimate of drug-likeness (QED) is 0.554. The molecule has 1 atom stereocenters. The number of rotatable bonds is 6. The van der Waals surface area contributed by atoms with Crippen molar-refractivity contribution in [3.05, 3.63) is 86.7 Å². The minimum Gasteiger partial charge on any atom is -0.496 e. The molecule has 0 saturated heterocycles. The van der Waals surface area contributed by atoms with Crippen LogP contribution < -0.4 is 10.3 Å². The highest BCUT2D eigenvalue weighted by atomic mass is 16.5. The molecule has 3 aromatic rings. The third-order valence-electron chi connectivity index (χ3n) is 6.95. The lowest BCUT2D eigenvalue weighted by molar-refractivity contribution is 0.0720. The van der Waals surface area contributed by atoms with E-state index in [2.05, 4.69) is 36.9 Å². The van der Waals surface area contributed by atoms with Crippen LogP contribution in [-0.2, 0) is 19.5 Å². The third-order valence-corrected chi connectivity index (χ3v) is 6.95. The molecule has 2 aromatic heterocycles. The summed E-state index contributed by atoms with van der Waals surface area (Å²) in [5.74, 6) is 0.836. The predicted molar refractivity (Wildman–Crippen MR) is 131 cm³/mol. The molecule has 3 heterocycles. The maximum absolute atomic E-state index is 13.7. The summed E-state index contributed by atoms with van der Waals surface area (Å²) in [6.45, 7) is 8.98. The number of benzene rings is 1. The Morgan fingerprint density at radius 1 is 1.15 bits per heavy atom. The molecule has 0 N–H and O–H groups in total. The molecule has 0 fully saturated rings. The second-order valence-electron chi connectivity index (χ2n) is 9.08. The summed E-state index contributed by atoms with van der Waals surface area (Å²) in [5, 5.41) is 0. The Balaban J connectivity index is 1.63. The van der Waals surface area contributed by atoms with Crippen molar-refractivity contribution in [2.75, 3.05) is 27.2 Å². The van der Waals surface area contributed by atoms with E-state index >= 15 is 0 Å². The fraction of sp³-hybridized carbons (Fsp3) is 0.407. The number of fused-ring (bicyclic) bond motifs is 1. The van der Waals surface area contributed by atoms with Crippen LogP contribution in [0, 0.1) is 13.8 Å². The van der Waals surface area contributed by atoms with E-state index in [4.69, 9.17) is 9.15 Å². The highest BCUT2D eigenvalue weighted by molar-refractivity contribution is 5.98. The number of pyridine rings is 1. The first-order valence-electron chi connectivity index (χ1n) is 11.7. The van der Waals surface area contributed by atoms with Crippen LogP contribution in [0.4, 0.5) is 0 Å². The summed E-state index contributed by atoms with van der Waals surface area (Å²) in [6.07, 6.45) is 2.18. The van der Waals surface area contributed by atoms with Gasteiger partial charge in [0.05, 0.1) is 19.4 Å². The molecule has 0 bridgehead atoms. The Morgan fingerprint density at radius 2 is 1.94 bits per heavy atom. The fourth-order valence-electron chi connectivity index (χ4n) is 4.57. The fourth-order valence-corrected chi connectivity index (χ4v) is 4.57. The van der Waals surface area contributed by atoms with Crippen molar-refractivity contribution in [3.8, 4) is 5.75 Å². The summed E-state index contributed by atoms with van der Waals surface area (Å²) in [4.78, 5) is 30.6. The van der Waals surface area contributed by atoms with Crippen molar-refractivity contribution < 1.29 is 13.9 Å². The molecule has 4 rings (SSSR count). The van der Waals surface area contributed by atoms with Gasteiger partial charge in [-0.1, -0.05) is 18.2 Å². The lowest BCUT2D eigenvalue weighted by atomic mass is 10.1. The number of hydrogen-bond donors (Lipinski definition) is 0. The first-order chi connectivity index (χ1) is 16.3. The van der Waals surface area contributed by atoms with E-state index in [1.54, 1.807) is 22.8 Å². The van der Waals surface area contributed by atoms with Crippen LogP contribution >= 0.6 is 0 Å². The van der Waals surface area contributed by atoms with Gasteiger partial charge in [-0.15, -0.1) is 0 Å². The topological polar surface area (TPSA) is 67.9 Å². The van der Waals surface area contributed by atoms with E-state index in [1.165, 1.54) is 29.9 Å². The number of amides is 1. The van der Waals surface area contributed by atoms with E-state index in [0.717, 1.165) is 25.3 Å². The second kappa shape index (κ2) is 9.89. The zero-order valence-electron chi connectivity index (χ0n) is 20.6. The normalized spacial score (nSPS) is 14.9. The average Bonchev–Trinajstić information content (AvgIpc) is 3.29. The standard InChI is InChI=1S/C27H33N3O4/c1-18-8-9-21(15-19(18)2)17-29-11-10-22-26(24(33-5)16-25(31)30(22)13-12-29)27(32)28(4)20(3)23-7-6-14-34-23/h6-9,14-16,20H,10-13,17H2,1-5H3. The molecule has 180 valence electrons. The summed E-state index contributed by atoms with van der Waals surface area (Å²) in [6, 6.07) is 11.4. The van der Waals surface area contributed by atoms with Gasteiger partial charge in [0, 0.05) is 51.4 Å². The van der Waals surface area contributed by atoms with Crippen molar-refractivity contribution >= 4 is 5.91 Å². The summed E-state index contributed by atoms with van der Waals surface area (Å²) in [7, 11) is 3.25. The molecule has 1 aliphatic heterocycles. The van der Waals surface area contributed by atoms with Crippen molar-refractivity contribution in [1.82, 2.24) is 14.4 Å². The molecule has 1 amide bonds. The smallest absolute Gasteiger partial charge is 0.259 e. The van der Waals surface area contributed by atoms with Gasteiger partial charge in [-0.2, -0.15) is 0 Å². The molecular formula is C27H33N3O4. The van der Waals surface area contributed by atoms with E-state index in [-0.39, 0.29) is 17.5 Å². The Bertz CT molecular complexity index is 1230. The number of methoxy groups -OCH3 is 1. The average molecular weight is 464 g/mol. The number of carbonyl (C=O) groups excluding carboxylic acids is 1. The van der Waals surface area contributed by atoms with E-state index in [0.29, 0.717) is 30.0 Å². The molecule has 0 radical (unpaired) electrons. The van der Waals surface area contributed by atoms with Crippen molar-refractivity contribution in [2.24, 2.45) is 0 Å². The number of ether oxygens (including phenoxy) is 1. The molecule has 1 aromatic carbocycles. The maximum atomic E-state index is 13.7. The summed E-state index contributed by atoms with van der Waals surface area (Å²) in [5.41, 5.74) is 4.85. The van der Waals surface area contributed by atoms with E-state index < -0.39 is 0 Å². The number of aryl methyl sites for hydroxylation is 2. The molecule has 7 nitrogen and oxygen atoms in total. The number of furan rings is 1. The lowest BCUT2D eigenvalue weighted by Crippen LogP contribution is -2.34. The zero-order chi connectivity index (χ0) is 24.4. The van der Waals surface area contributed by atoms with Gasteiger partial charge in [0.2, 0.25) is 0 Å². The van der Waals surface area contributed by atoms with Gasteiger partial charge >= 0.3 is 0 Å². The van der Waals surface area contributed by atoms with Crippen molar-refractivity contribution in [3.63, 3.8) is 0 Å². The Morgan fingerprint density at radius 3 is 2.62 bits per heavy atom. The minimum atomic E-state index is -0.258. The molecule has 34 heavy (non-hydrogen) atoms. The molecular weight excluding hydrogens is 430 g/mol. The largest absolute Gasteiger partial charge is 0.496 e. The second-order valence-corrected chi connectivity index (χ2v) is 9.08. The van der Waals surface area contributed by atoms with E-state index in [9.17, 15) is 9.59 Å². The van der Waals surface area contributed by atoms with Gasteiger partial charge in [0.1, 0.15) is 17.1 Å². The lowest BCUT2D eigenvalue weighted by Gasteiger charge is -2.26. The zero-order valence-corrected chi connectivity index (χ0v) is 20.6. The summed E-state index contributed by atoms with van der Waals surface area (Å²) >= 11 is 0. The number of aromatic nitrogens is 1. The van der Waals surface area contributed by atoms with Gasteiger partial charge in [-0.25, -0.2) is 0 Å². The Labute approximate surface area is 200 Å². The van der Waals surface area contributed by atoms with Crippen LogP contribution in [0.15, 0.2) is 51.9 Å². The van der Waals surface area contributed by atoms with Crippen molar-refractivity contribution in [1.29, 1.82) is 0 Å². The van der Waals surface area contributed by atoms with Gasteiger partial charge in [-0.05, 0) is 49.6 Å². The molecule has 0 spiro atoms. The Kier molecular flexibility index (Phi) is 6.93. The maximum Gasteiger partial charge on any atom is 0.259 e. The highest BCUT2D eigenvalue weighted by Gasteiger charge is 2.29. The number of carbonyl (C=O) groups is 1. The van der Waals surface area contributed by atoms with Crippen LogP contribution in [0.5, 0.6) is 5.75 Å². The predicted octanol–water partition coefficient (Wildman–Crippen LogP) is 3.96. The van der Waals surface area contributed by atoms with Crippen LogP contribution in [-0.4, -0.2) is 47.5 Å². The van der Waals surface area contributed by atoms with Crippen LogP contribution in [0.1, 0.15) is 51.5 Å². The third kappa shape index (κ3) is 4.66. The highest BCUT2D eigenvalue weighted by Crippen LogP contribution is 2.28. The SMILES string of the molecule is COc1cc(=O)n2c(c1C(=O)N(C)C(C)c1ccco1)CCN(Cc1ccc(C)c(C)c1)CC2. The van der Waals surface area contributed by atoms with Gasteiger partial charge in [0.15, 0.2) is 0 Å². The number of nitrogens with zero attached hydrogens (tertiary/aromatic N) is 3. The monoisotopic (exact) mass is 463 g/mol. The first-order valence-corrected chi connectivity index (χ1v) is 11.7. The number of hydrogen-bond acceptors (Lipinski definition) is 5. The van der Waals surface area contributed by atoms with Gasteiger partial charge < -0.3 is 18.6 Å². The molecule has 7 heteroatoms. The first kappa shape index (κ1) is 23.8.